The molecule has 218 valence electrons. The molecule has 2 amide bonds. The number of amides is 2. The first-order chi connectivity index (χ1) is 19.6. The van der Waals surface area contributed by atoms with Crippen LogP contribution in [0, 0.1) is 12.7 Å². The minimum atomic E-state index is -4.25. The topological polar surface area (TPSA) is 96.0 Å². The van der Waals surface area contributed by atoms with Crippen LogP contribution in [0.15, 0.2) is 77.7 Å². The zero-order valence-electron chi connectivity index (χ0n) is 23.5. The highest BCUT2D eigenvalue weighted by molar-refractivity contribution is 7.92. The molecule has 0 saturated heterocycles. The van der Waals surface area contributed by atoms with Crippen molar-refractivity contribution in [2.75, 3.05) is 18.0 Å². The maximum atomic E-state index is 14.7. The Morgan fingerprint density at radius 1 is 1.02 bits per heavy atom. The summed E-state index contributed by atoms with van der Waals surface area (Å²) in [6, 6.07) is 17.9. The van der Waals surface area contributed by atoms with Gasteiger partial charge in [0.15, 0.2) is 0 Å². The summed E-state index contributed by atoms with van der Waals surface area (Å²) in [7, 11) is -2.83. The lowest BCUT2D eigenvalue weighted by Crippen LogP contribution is -2.52. The molecule has 0 spiro atoms. The van der Waals surface area contributed by atoms with E-state index in [4.69, 9.17) is 4.74 Å². The molecule has 3 aromatic carbocycles. The van der Waals surface area contributed by atoms with Gasteiger partial charge in [0.25, 0.3) is 10.0 Å². The molecular formula is C31H36FN3O5S. The first-order valence-corrected chi connectivity index (χ1v) is 15.1. The number of sulfonamides is 1. The number of ether oxygens (including phenoxy) is 1. The smallest absolute Gasteiger partial charge is 0.264 e. The van der Waals surface area contributed by atoms with E-state index in [0.29, 0.717) is 0 Å². The predicted molar refractivity (Wildman–Crippen MR) is 156 cm³/mol. The molecule has 41 heavy (non-hydrogen) atoms. The number of methoxy groups -OCH3 is 1. The minimum Gasteiger partial charge on any atom is -0.495 e. The van der Waals surface area contributed by atoms with E-state index in [9.17, 15) is 22.4 Å². The Hall–Kier alpha value is -3.92. The van der Waals surface area contributed by atoms with Gasteiger partial charge < -0.3 is 15.0 Å². The number of rotatable bonds is 11. The second-order valence-corrected chi connectivity index (χ2v) is 12.1. The van der Waals surface area contributed by atoms with Gasteiger partial charge in [-0.1, -0.05) is 55.3 Å². The maximum absolute atomic E-state index is 14.7. The number of carbonyl (C=O) groups excluding carboxylic acids is 2. The number of nitrogens with one attached hydrogen (secondary N) is 1. The molecule has 1 fully saturated rings. The second-order valence-electron chi connectivity index (χ2n) is 10.3. The van der Waals surface area contributed by atoms with E-state index in [1.165, 1.54) is 30.2 Å². The van der Waals surface area contributed by atoms with Crippen LogP contribution in [0.3, 0.4) is 0 Å². The quantitative estimate of drug-likeness (QED) is 0.351. The third-order valence-corrected chi connectivity index (χ3v) is 9.15. The van der Waals surface area contributed by atoms with Crippen molar-refractivity contribution >= 4 is 27.5 Å². The van der Waals surface area contributed by atoms with E-state index in [-0.39, 0.29) is 40.4 Å². The highest BCUT2D eigenvalue weighted by Crippen LogP contribution is 2.33. The van der Waals surface area contributed by atoms with Crippen molar-refractivity contribution in [2.45, 2.75) is 63.1 Å². The van der Waals surface area contributed by atoms with Crippen molar-refractivity contribution < 1.29 is 27.1 Å². The van der Waals surface area contributed by atoms with Gasteiger partial charge in [-0.3, -0.25) is 13.9 Å². The van der Waals surface area contributed by atoms with Gasteiger partial charge in [-0.2, -0.15) is 0 Å². The summed E-state index contributed by atoms with van der Waals surface area (Å²) in [6.07, 6.45) is 3.75. The first kappa shape index (κ1) is 30.0. The highest BCUT2D eigenvalue weighted by Gasteiger charge is 2.34. The second kappa shape index (κ2) is 13.2. The van der Waals surface area contributed by atoms with E-state index in [2.05, 4.69) is 5.32 Å². The fourth-order valence-corrected chi connectivity index (χ4v) is 6.45. The van der Waals surface area contributed by atoms with Gasteiger partial charge in [0, 0.05) is 18.2 Å². The molecule has 0 heterocycles. The molecule has 0 bridgehead atoms. The van der Waals surface area contributed by atoms with Crippen molar-refractivity contribution in [3.63, 3.8) is 0 Å². The molecule has 8 nitrogen and oxygen atoms in total. The summed E-state index contributed by atoms with van der Waals surface area (Å²) in [5.41, 5.74) is 1.15. The van der Waals surface area contributed by atoms with Crippen LogP contribution in [0.2, 0.25) is 0 Å². The van der Waals surface area contributed by atoms with Gasteiger partial charge >= 0.3 is 0 Å². The Bertz CT molecular complexity index is 1480. The number of nitrogens with zero attached hydrogens (tertiary/aromatic N) is 2. The van der Waals surface area contributed by atoms with Crippen molar-refractivity contribution in [1.29, 1.82) is 0 Å². The lowest BCUT2D eigenvalue weighted by Gasteiger charge is -2.33. The van der Waals surface area contributed by atoms with E-state index < -0.39 is 34.3 Å². The average Bonchev–Trinajstić information content (AvgIpc) is 3.48. The molecule has 3 aromatic rings. The predicted octanol–water partition coefficient (Wildman–Crippen LogP) is 4.81. The number of hydrogen-bond acceptors (Lipinski definition) is 5. The van der Waals surface area contributed by atoms with Crippen LogP contribution in [0.5, 0.6) is 5.75 Å². The third kappa shape index (κ3) is 7.05. The van der Waals surface area contributed by atoms with Crippen molar-refractivity contribution in [3.05, 3.63) is 89.7 Å². The van der Waals surface area contributed by atoms with Gasteiger partial charge in [-0.25, -0.2) is 12.8 Å². The summed E-state index contributed by atoms with van der Waals surface area (Å²) in [5.74, 6) is -1.30. The molecule has 1 atom stereocenters. The van der Waals surface area contributed by atoms with Gasteiger partial charge in [-0.05, 0) is 62.6 Å². The van der Waals surface area contributed by atoms with Crippen LogP contribution in [0.4, 0.5) is 10.1 Å². The highest BCUT2D eigenvalue weighted by atomic mass is 32.2. The standard InChI is InChI=1S/C31H36FN3O5S/c1-22-17-18-29(40-3)28(19-22)35(41(38,39)26-14-5-4-6-15-26)21-30(36)34(20-24-11-7-10-16-27(24)32)23(2)31(37)33-25-12-8-9-13-25/h4-7,10-11,14-19,23,25H,8-9,12-13,20-21H2,1-3H3,(H,33,37). The maximum Gasteiger partial charge on any atom is 0.264 e. The molecule has 1 saturated carbocycles. The van der Waals surface area contributed by atoms with Crippen LogP contribution in [0.1, 0.15) is 43.7 Å². The summed E-state index contributed by atoms with van der Waals surface area (Å²) in [6.45, 7) is 2.53. The van der Waals surface area contributed by atoms with Gasteiger partial charge in [0.1, 0.15) is 24.2 Å². The molecule has 1 N–H and O–H groups in total. The summed E-state index contributed by atoms with van der Waals surface area (Å²) in [5, 5.41) is 3.00. The Balaban J connectivity index is 1.74. The zero-order chi connectivity index (χ0) is 29.6. The SMILES string of the molecule is COc1ccc(C)cc1N(CC(=O)N(Cc1ccccc1F)C(C)C(=O)NC1CCCC1)S(=O)(=O)c1ccccc1. The van der Waals surface area contributed by atoms with E-state index in [1.807, 2.05) is 0 Å². The Morgan fingerprint density at radius 2 is 1.68 bits per heavy atom. The van der Waals surface area contributed by atoms with Gasteiger partial charge in [-0.15, -0.1) is 0 Å². The van der Waals surface area contributed by atoms with E-state index in [1.54, 1.807) is 68.4 Å². The molecule has 4 rings (SSSR count). The van der Waals surface area contributed by atoms with Gasteiger partial charge in [0.2, 0.25) is 11.8 Å². The normalized spacial score (nSPS) is 14.3. The number of carbonyl (C=O) groups is 2. The average molecular weight is 582 g/mol. The molecule has 10 heteroatoms. The molecule has 1 aliphatic rings. The van der Waals surface area contributed by atoms with E-state index in [0.717, 1.165) is 35.6 Å². The fraction of sp³-hybridized carbons (Fsp3) is 0.355. The number of anilines is 1. The largest absolute Gasteiger partial charge is 0.495 e. The summed E-state index contributed by atoms with van der Waals surface area (Å²) in [4.78, 5) is 28.6. The first-order valence-electron chi connectivity index (χ1n) is 13.7. The molecule has 0 aliphatic heterocycles. The molecule has 0 aromatic heterocycles. The summed E-state index contributed by atoms with van der Waals surface area (Å²) < 4.78 is 49.2. The number of benzene rings is 3. The van der Waals surface area contributed by atoms with E-state index >= 15 is 0 Å². The summed E-state index contributed by atoms with van der Waals surface area (Å²) >= 11 is 0. The molecule has 1 aliphatic carbocycles. The lowest BCUT2D eigenvalue weighted by molar-refractivity contribution is -0.139. The van der Waals surface area contributed by atoms with Crippen molar-refractivity contribution in [3.8, 4) is 5.75 Å². The number of hydrogen-bond donors (Lipinski definition) is 1. The molecule has 0 radical (unpaired) electrons. The monoisotopic (exact) mass is 581 g/mol. The van der Waals surface area contributed by atoms with Crippen LogP contribution >= 0.6 is 0 Å². The Morgan fingerprint density at radius 3 is 2.34 bits per heavy atom. The number of halogens is 1. The number of aryl methyl sites for hydroxylation is 1. The van der Waals surface area contributed by atoms with Crippen molar-refractivity contribution in [2.24, 2.45) is 0 Å². The van der Waals surface area contributed by atoms with Crippen LogP contribution < -0.4 is 14.4 Å². The Labute approximate surface area is 241 Å². The van der Waals surface area contributed by atoms with Gasteiger partial charge in [0.05, 0.1) is 17.7 Å². The minimum absolute atomic E-state index is 0.0102. The lowest BCUT2D eigenvalue weighted by atomic mass is 10.1. The Kier molecular flexibility index (Phi) is 9.65. The van der Waals surface area contributed by atoms with Crippen LogP contribution in [0.25, 0.3) is 0 Å². The molecular weight excluding hydrogens is 545 g/mol. The van der Waals surface area contributed by atoms with Crippen LogP contribution in [-0.4, -0.2) is 50.9 Å². The zero-order valence-corrected chi connectivity index (χ0v) is 24.4. The van der Waals surface area contributed by atoms with Crippen molar-refractivity contribution in [1.82, 2.24) is 10.2 Å². The molecule has 1 unspecified atom stereocenters. The third-order valence-electron chi connectivity index (χ3n) is 7.38. The fourth-order valence-electron chi connectivity index (χ4n) is 5.01. The van der Waals surface area contributed by atoms with Crippen LogP contribution in [-0.2, 0) is 26.2 Å².